The van der Waals surface area contributed by atoms with E-state index in [1.807, 2.05) is 18.2 Å². The summed E-state index contributed by atoms with van der Waals surface area (Å²) in [5.41, 5.74) is 0. The first-order valence-electron chi connectivity index (χ1n) is 9.95. The van der Waals surface area contributed by atoms with Gasteiger partial charge in [0.2, 0.25) is 0 Å². The van der Waals surface area contributed by atoms with Crippen molar-refractivity contribution >= 4 is 17.9 Å². The average molecular weight is 414 g/mol. The molecule has 1 fully saturated rings. The van der Waals surface area contributed by atoms with Crippen LogP contribution in [0.25, 0.3) is 0 Å². The molecule has 0 aromatic heterocycles. The number of carbonyl (C=O) groups is 1. The van der Waals surface area contributed by atoms with Gasteiger partial charge in [0.1, 0.15) is 12.8 Å². The van der Waals surface area contributed by atoms with E-state index >= 15 is 0 Å². The van der Waals surface area contributed by atoms with Crippen LogP contribution in [0.5, 0.6) is 0 Å². The minimum Gasteiger partial charge on any atom is -0.450 e. The van der Waals surface area contributed by atoms with Crippen molar-refractivity contribution in [2.24, 2.45) is 0 Å². The average Bonchev–Trinajstić information content (AvgIpc) is 2.71. The first-order chi connectivity index (χ1) is 13.6. The topological polar surface area (TPSA) is 73.8 Å². The van der Waals surface area contributed by atoms with Crippen LogP contribution in [0.15, 0.2) is 35.2 Å². The van der Waals surface area contributed by atoms with E-state index in [0.29, 0.717) is 13.0 Å². The maximum atomic E-state index is 12.7. The fourth-order valence-corrected chi connectivity index (χ4v) is 4.38. The summed E-state index contributed by atoms with van der Waals surface area (Å²) >= 11 is 1.74. The van der Waals surface area contributed by atoms with Crippen molar-refractivity contribution in [3.8, 4) is 0 Å². The number of nitrogens with one attached hydrogen (secondary N) is 2. The Morgan fingerprint density at radius 1 is 1.39 bits per heavy atom. The molecule has 0 bridgehead atoms. The second-order valence-electron chi connectivity index (χ2n) is 6.76. The predicted octanol–water partition coefficient (Wildman–Crippen LogP) is 2.62. The summed E-state index contributed by atoms with van der Waals surface area (Å²) in [6.45, 7) is 4.13. The first-order valence-corrected chi connectivity index (χ1v) is 10.9. The molecule has 1 aliphatic rings. The van der Waals surface area contributed by atoms with Crippen molar-refractivity contribution in [2.45, 2.75) is 55.9 Å². The Morgan fingerprint density at radius 2 is 2.14 bits per heavy atom. The van der Waals surface area contributed by atoms with Crippen molar-refractivity contribution in [1.82, 2.24) is 15.5 Å². The van der Waals surface area contributed by atoms with Gasteiger partial charge in [-0.1, -0.05) is 25.1 Å². The van der Waals surface area contributed by atoms with Gasteiger partial charge in [-0.3, -0.25) is 10.2 Å². The number of piperidine rings is 1. The molecule has 0 saturated carbocycles. The number of carbonyl (C=O) groups excluding carboxylic acids is 1. The van der Waals surface area contributed by atoms with E-state index in [1.165, 1.54) is 4.90 Å². The van der Waals surface area contributed by atoms with E-state index in [-0.39, 0.29) is 19.2 Å². The SMILES string of the molecule is CCOC(=O)N1CCC(O)C(NCCF)C1NC(CC)CSc1ccccc1. The number of aliphatic hydroxyl groups is 1. The van der Waals surface area contributed by atoms with Gasteiger partial charge in [0, 0.05) is 29.8 Å². The monoisotopic (exact) mass is 413 g/mol. The number of thioether (sulfide) groups is 1. The molecule has 0 aliphatic carbocycles. The van der Waals surface area contributed by atoms with Crippen LogP contribution >= 0.6 is 11.8 Å². The molecule has 0 spiro atoms. The predicted molar refractivity (Wildman–Crippen MR) is 110 cm³/mol. The van der Waals surface area contributed by atoms with Gasteiger partial charge in [0.25, 0.3) is 0 Å². The Labute approximate surface area is 171 Å². The Kier molecular flexibility index (Phi) is 10.0. The van der Waals surface area contributed by atoms with Gasteiger partial charge in [-0.15, -0.1) is 11.8 Å². The van der Waals surface area contributed by atoms with Crippen LogP contribution in [0.3, 0.4) is 0 Å². The zero-order valence-corrected chi connectivity index (χ0v) is 17.5. The van der Waals surface area contributed by atoms with Crippen molar-refractivity contribution in [3.05, 3.63) is 30.3 Å². The minimum absolute atomic E-state index is 0.118. The highest BCUT2D eigenvalue weighted by Crippen LogP contribution is 2.22. The van der Waals surface area contributed by atoms with E-state index < -0.39 is 31.1 Å². The zero-order valence-electron chi connectivity index (χ0n) is 16.6. The number of ether oxygens (including phenoxy) is 1. The molecule has 6 nitrogen and oxygen atoms in total. The van der Waals surface area contributed by atoms with Crippen LogP contribution in [0.1, 0.15) is 26.7 Å². The van der Waals surface area contributed by atoms with Crippen molar-refractivity contribution < 1.29 is 19.0 Å². The first kappa shape index (κ1) is 22.9. The van der Waals surface area contributed by atoms with Gasteiger partial charge >= 0.3 is 6.09 Å². The number of aliphatic hydroxyl groups excluding tert-OH is 1. The molecule has 1 saturated heterocycles. The van der Waals surface area contributed by atoms with Crippen LogP contribution < -0.4 is 10.6 Å². The van der Waals surface area contributed by atoms with Gasteiger partial charge in [-0.05, 0) is 31.9 Å². The smallest absolute Gasteiger partial charge is 0.411 e. The molecule has 2 rings (SSSR count). The summed E-state index contributed by atoms with van der Waals surface area (Å²) in [7, 11) is 0. The number of benzene rings is 1. The number of halogens is 1. The molecule has 4 atom stereocenters. The number of amides is 1. The summed E-state index contributed by atoms with van der Waals surface area (Å²) < 4.78 is 17.9. The van der Waals surface area contributed by atoms with Gasteiger partial charge in [-0.2, -0.15) is 0 Å². The summed E-state index contributed by atoms with van der Waals surface area (Å²) in [5.74, 6) is 0.819. The van der Waals surface area contributed by atoms with Crippen LogP contribution in [0.4, 0.5) is 9.18 Å². The third-order valence-electron chi connectivity index (χ3n) is 4.83. The summed E-state index contributed by atoms with van der Waals surface area (Å²) in [6, 6.07) is 9.80. The lowest BCUT2D eigenvalue weighted by atomic mass is 9.97. The number of alkyl halides is 1. The quantitative estimate of drug-likeness (QED) is 0.512. The molecule has 28 heavy (non-hydrogen) atoms. The number of hydrogen-bond donors (Lipinski definition) is 3. The second kappa shape index (κ2) is 12.3. The number of likely N-dealkylation sites (tertiary alicyclic amines) is 1. The molecular formula is C20H32FN3O3S. The van der Waals surface area contributed by atoms with Gasteiger partial charge in [-0.25, -0.2) is 9.18 Å². The fourth-order valence-electron chi connectivity index (χ4n) is 3.31. The molecule has 1 amide bonds. The highest BCUT2D eigenvalue weighted by molar-refractivity contribution is 7.99. The Bertz CT molecular complexity index is 581. The van der Waals surface area contributed by atoms with E-state index in [1.54, 1.807) is 23.6 Å². The lowest BCUT2D eigenvalue weighted by Crippen LogP contribution is -2.68. The number of nitrogens with zero attached hydrogens (tertiary/aromatic N) is 1. The molecular weight excluding hydrogens is 381 g/mol. The van der Waals surface area contributed by atoms with Gasteiger partial charge < -0.3 is 15.2 Å². The van der Waals surface area contributed by atoms with Gasteiger partial charge in [0.05, 0.1) is 18.8 Å². The molecule has 1 aromatic carbocycles. The Morgan fingerprint density at radius 3 is 2.79 bits per heavy atom. The third kappa shape index (κ3) is 6.62. The largest absolute Gasteiger partial charge is 0.450 e. The number of hydrogen-bond acceptors (Lipinski definition) is 6. The maximum Gasteiger partial charge on any atom is 0.411 e. The summed E-state index contributed by atoms with van der Waals surface area (Å²) in [6.07, 6.45) is -0.246. The van der Waals surface area contributed by atoms with Crippen molar-refractivity contribution in [1.29, 1.82) is 0 Å². The zero-order chi connectivity index (χ0) is 20.4. The maximum absolute atomic E-state index is 12.7. The molecule has 4 unspecified atom stereocenters. The third-order valence-corrected chi connectivity index (χ3v) is 6.00. The highest BCUT2D eigenvalue weighted by Gasteiger charge is 2.40. The minimum atomic E-state index is -0.658. The fraction of sp³-hybridized carbons (Fsp3) is 0.650. The lowest BCUT2D eigenvalue weighted by Gasteiger charge is -2.45. The molecule has 0 radical (unpaired) electrons. The highest BCUT2D eigenvalue weighted by atomic mass is 32.2. The van der Waals surface area contributed by atoms with E-state index in [2.05, 4.69) is 29.7 Å². The molecule has 158 valence electrons. The van der Waals surface area contributed by atoms with E-state index in [4.69, 9.17) is 4.74 Å². The molecule has 1 aliphatic heterocycles. The van der Waals surface area contributed by atoms with Crippen LogP contribution in [0, 0.1) is 0 Å². The van der Waals surface area contributed by atoms with Gasteiger partial charge in [0.15, 0.2) is 0 Å². The van der Waals surface area contributed by atoms with Crippen molar-refractivity contribution in [3.63, 3.8) is 0 Å². The summed E-state index contributed by atoms with van der Waals surface area (Å²) in [4.78, 5) is 15.3. The molecule has 1 aromatic rings. The van der Waals surface area contributed by atoms with Crippen molar-refractivity contribution in [2.75, 3.05) is 32.1 Å². The molecule has 1 heterocycles. The van der Waals surface area contributed by atoms with E-state index in [9.17, 15) is 14.3 Å². The molecule has 3 N–H and O–H groups in total. The normalized spacial score (nSPS) is 23.4. The summed E-state index contributed by atoms with van der Waals surface area (Å²) in [5, 5.41) is 17.1. The second-order valence-corrected chi connectivity index (χ2v) is 7.85. The van der Waals surface area contributed by atoms with Crippen LogP contribution in [0.2, 0.25) is 0 Å². The molecule has 8 heteroatoms. The van der Waals surface area contributed by atoms with Crippen LogP contribution in [-0.2, 0) is 4.74 Å². The lowest BCUT2D eigenvalue weighted by molar-refractivity contribution is -0.0106. The van der Waals surface area contributed by atoms with Crippen LogP contribution in [-0.4, -0.2) is 72.6 Å². The number of rotatable bonds is 10. The Hall–Kier alpha value is -1.35. The standard InChI is InChI=1S/C20H32FN3O3S/c1-3-15(14-28-16-8-6-5-7-9-16)23-19-18(22-12-11-21)17(25)10-13-24(19)20(26)27-4-2/h5-9,15,17-19,22-23,25H,3-4,10-14H2,1-2H3. The Balaban J connectivity index is 2.10. The van der Waals surface area contributed by atoms with E-state index in [0.717, 1.165) is 12.2 Å².